The second kappa shape index (κ2) is 7.03. The van der Waals surface area contributed by atoms with Gasteiger partial charge in [-0.05, 0) is 47.5 Å². The molecule has 0 radical (unpaired) electrons. The van der Waals surface area contributed by atoms with Crippen LogP contribution in [0.25, 0.3) is 22.1 Å². The second-order valence-corrected chi connectivity index (χ2v) is 6.55. The SMILES string of the molecule is CCCC(=O)Oc1c(C)nn(C)c(=O)c1-c1c(Br)oc2ccc(F)cc12. The summed E-state index contributed by atoms with van der Waals surface area (Å²) in [5.41, 5.74) is 0.702. The molecule has 0 bridgehead atoms. The third-order valence-corrected chi connectivity index (χ3v) is 4.45. The van der Waals surface area contributed by atoms with E-state index in [1.165, 1.54) is 25.2 Å². The Labute approximate surface area is 156 Å². The molecule has 0 unspecified atom stereocenters. The molecule has 2 aromatic heterocycles. The molecule has 0 aliphatic carbocycles. The molecule has 136 valence electrons. The molecule has 0 saturated carbocycles. The van der Waals surface area contributed by atoms with Gasteiger partial charge in [0.25, 0.3) is 5.56 Å². The van der Waals surface area contributed by atoms with Gasteiger partial charge in [-0.15, -0.1) is 0 Å². The molecule has 3 aromatic rings. The van der Waals surface area contributed by atoms with Crippen molar-refractivity contribution in [3.8, 4) is 16.9 Å². The fourth-order valence-corrected chi connectivity index (χ4v) is 3.33. The molecule has 6 nitrogen and oxygen atoms in total. The first-order chi connectivity index (χ1) is 12.3. The van der Waals surface area contributed by atoms with Gasteiger partial charge in [-0.1, -0.05) is 6.92 Å². The lowest BCUT2D eigenvalue weighted by Gasteiger charge is -2.13. The number of furan rings is 1. The van der Waals surface area contributed by atoms with Crippen molar-refractivity contribution in [3.05, 3.63) is 44.7 Å². The summed E-state index contributed by atoms with van der Waals surface area (Å²) < 4.78 is 26.2. The average Bonchev–Trinajstić information content (AvgIpc) is 2.88. The molecule has 1 aromatic carbocycles. The molecule has 0 aliphatic heterocycles. The number of aromatic nitrogens is 2. The van der Waals surface area contributed by atoms with Crippen LogP contribution in [0.15, 0.2) is 32.1 Å². The molecule has 0 amide bonds. The summed E-state index contributed by atoms with van der Waals surface area (Å²) in [5.74, 6) is -0.889. The van der Waals surface area contributed by atoms with Crippen LogP contribution in [0.3, 0.4) is 0 Å². The summed E-state index contributed by atoms with van der Waals surface area (Å²) >= 11 is 3.29. The molecular weight excluding hydrogens is 407 g/mol. The van der Waals surface area contributed by atoms with Crippen LogP contribution in [0.2, 0.25) is 0 Å². The Morgan fingerprint density at radius 3 is 2.81 bits per heavy atom. The van der Waals surface area contributed by atoms with Crippen LogP contribution in [-0.4, -0.2) is 15.7 Å². The van der Waals surface area contributed by atoms with E-state index in [4.69, 9.17) is 9.15 Å². The lowest BCUT2D eigenvalue weighted by atomic mass is 10.0. The number of fused-ring (bicyclic) bond motifs is 1. The van der Waals surface area contributed by atoms with E-state index in [9.17, 15) is 14.0 Å². The third kappa shape index (κ3) is 3.16. The first-order valence-corrected chi connectivity index (χ1v) is 8.79. The van der Waals surface area contributed by atoms with Gasteiger partial charge in [0.15, 0.2) is 10.4 Å². The summed E-state index contributed by atoms with van der Waals surface area (Å²) in [4.78, 5) is 24.8. The number of esters is 1. The Hall–Kier alpha value is -2.48. The predicted octanol–water partition coefficient (Wildman–Crippen LogP) is 4.11. The molecule has 0 N–H and O–H groups in total. The highest BCUT2D eigenvalue weighted by Gasteiger charge is 2.26. The molecule has 3 rings (SSSR count). The van der Waals surface area contributed by atoms with Crippen molar-refractivity contribution in [1.82, 2.24) is 9.78 Å². The molecule has 0 atom stereocenters. The van der Waals surface area contributed by atoms with E-state index in [1.807, 2.05) is 6.92 Å². The second-order valence-electron chi connectivity index (χ2n) is 5.83. The maximum absolute atomic E-state index is 13.8. The highest BCUT2D eigenvalue weighted by Crippen LogP contribution is 2.41. The lowest BCUT2D eigenvalue weighted by Crippen LogP contribution is -2.24. The van der Waals surface area contributed by atoms with Crippen LogP contribution in [0, 0.1) is 12.7 Å². The highest BCUT2D eigenvalue weighted by molar-refractivity contribution is 9.10. The predicted molar refractivity (Wildman–Crippen MR) is 97.6 cm³/mol. The van der Waals surface area contributed by atoms with Gasteiger partial charge < -0.3 is 9.15 Å². The molecule has 0 saturated heterocycles. The number of hydrogen-bond acceptors (Lipinski definition) is 5. The van der Waals surface area contributed by atoms with Gasteiger partial charge in [0.1, 0.15) is 17.1 Å². The fraction of sp³-hybridized carbons (Fsp3) is 0.278. The van der Waals surface area contributed by atoms with Crippen LogP contribution in [0.1, 0.15) is 25.5 Å². The van der Waals surface area contributed by atoms with E-state index in [2.05, 4.69) is 21.0 Å². The molecule has 2 heterocycles. The highest BCUT2D eigenvalue weighted by atomic mass is 79.9. The first kappa shape index (κ1) is 18.3. The lowest BCUT2D eigenvalue weighted by molar-refractivity contribution is -0.134. The largest absolute Gasteiger partial charge is 0.449 e. The van der Waals surface area contributed by atoms with Crippen molar-refractivity contribution in [2.75, 3.05) is 0 Å². The Morgan fingerprint density at radius 1 is 1.38 bits per heavy atom. The standard InChI is InChI=1S/C18H16BrFN2O4/c1-4-5-13(23)26-16-9(2)21-22(3)18(24)15(16)14-11-8-10(20)6-7-12(11)25-17(14)19/h6-8H,4-5H2,1-3H3. The Morgan fingerprint density at radius 2 is 2.12 bits per heavy atom. The molecule has 0 fully saturated rings. The number of rotatable bonds is 4. The maximum Gasteiger partial charge on any atom is 0.311 e. The van der Waals surface area contributed by atoms with Crippen molar-refractivity contribution < 1.29 is 18.3 Å². The third-order valence-electron chi connectivity index (χ3n) is 3.89. The number of hydrogen-bond donors (Lipinski definition) is 0. The number of halogens is 2. The van der Waals surface area contributed by atoms with Crippen molar-refractivity contribution in [2.45, 2.75) is 26.7 Å². The fourth-order valence-electron chi connectivity index (χ4n) is 2.74. The smallest absolute Gasteiger partial charge is 0.311 e. The number of carbonyl (C=O) groups is 1. The van der Waals surface area contributed by atoms with Gasteiger partial charge in [0, 0.05) is 18.9 Å². The van der Waals surface area contributed by atoms with E-state index in [0.717, 1.165) is 4.68 Å². The number of ether oxygens (including phenoxy) is 1. The minimum atomic E-state index is -0.484. The molecule has 0 spiro atoms. The maximum atomic E-state index is 13.8. The van der Waals surface area contributed by atoms with Crippen molar-refractivity contribution >= 4 is 32.9 Å². The van der Waals surface area contributed by atoms with Gasteiger partial charge in [-0.25, -0.2) is 9.07 Å². The molecule has 26 heavy (non-hydrogen) atoms. The van der Waals surface area contributed by atoms with Crippen molar-refractivity contribution in [2.24, 2.45) is 7.05 Å². The number of nitrogens with zero attached hydrogens (tertiary/aromatic N) is 2. The van der Waals surface area contributed by atoms with Crippen molar-refractivity contribution in [3.63, 3.8) is 0 Å². The van der Waals surface area contributed by atoms with Crippen LogP contribution >= 0.6 is 15.9 Å². The van der Waals surface area contributed by atoms with E-state index in [1.54, 1.807) is 6.92 Å². The minimum Gasteiger partial charge on any atom is -0.449 e. The van der Waals surface area contributed by atoms with E-state index < -0.39 is 17.3 Å². The first-order valence-electron chi connectivity index (χ1n) is 8.00. The van der Waals surface area contributed by atoms with Gasteiger partial charge in [-0.3, -0.25) is 9.59 Å². The molecule has 0 aliphatic rings. The zero-order chi connectivity index (χ0) is 19.0. The van der Waals surface area contributed by atoms with Crippen LogP contribution in [-0.2, 0) is 11.8 Å². The number of aryl methyl sites for hydroxylation is 2. The summed E-state index contributed by atoms with van der Waals surface area (Å²) in [6, 6.07) is 4.01. The van der Waals surface area contributed by atoms with E-state index in [0.29, 0.717) is 28.6 Å². The topological polar surface area (TPSA) is 74.3 Å². The zero-order valence-electron chi connectivity index (χ0n) is 14.4. The van der Waals surface area contributed by atoms with E-state index >= 15 is 0 Å². The molecule has 8 heteroatoms. The van der Waals surface area contributed by atoms with Crippen LogP contribution in [0.5, 0.6) is 5.75 Å². The summed E-state index contributed by atoms with van der Waals surface area (Å²) in [7, 11) is 1.49. The number of benzene rings is 1. The van der Waals surface area contributed by atoms with Crippen LogP contribution in [0.4, 0.5) is 4.39 Å². The van der Waals surface area contributed by atoms with E-state index in [-0.39, 0.29) is 22.4 Å². The number of carbonyl (C=O) groups excluding carboxylic acids is 1. The Bertz CT molecular complexity index is 1070. The summed E-state index contributed by atoms with van der Waals surface area (Å²) in [6.45, 7) is 3.48. The molecular formula is C18H16BrFN2O4. The monoisotopic (exact) mass is 422 g/mol. The Kier molecular flexibility index (Phi) is 4.95. The normalized spacial score (nSPS) is 11.1. The van der Waals surface area contributed by atoms with Gasteiger partial charge in [-0.2, -0.15) is 5.10 Å². The minimum absolute atomic E-state index is 0.0548. The van der Waals surface area contributed by atoms with Crippen LogP contribution < -0.4 is 10.3 Å². The quantitative estimate of drug-likeness (QED) is 0.591. The van der Waals surface area contributed by atoms with Gasteiger partial charge in [0.2, 0.25) is 0 Å². The van der Waals surface area contributed by atoms with Gasteiger partial charge in [0.05, 0.1) is 11.1 Å². The van der Waals surface area contributed by atoms with Crippen molar-refractivity contribution in [1.29, 1.82) is 0 Å². The summed E-state index contributed by atoms with van der Waals surface area (Å²) in [5, 5.41) is 4.49. The zero-order valence-corrected chi connectivity index (χ0v) is 16.0. The summed E-state index contributed by atoms with van der Waals surface area (Å²) in [6.07, 6.45) is 0.811. The average molecular weight is 423 g/mol. The van der Waals surface area contributed by atoms with Gasteiger partial charge >= 0.3 is 5.97 Å². The Balaban J connectivity index is 2.34.